The van der Waals surface area contributed by atoms with E-state index in [4.69, 9.17) is 14.2 Å². The van der Waals surface area contributed by atoms with Gasteiger partial charge in [0.25, 0.3) is 0 Å². The molecular weight excluding hydrogens is 326 g/mol. The van der Waals surface area contributed by atoms with Crippen molar-refractivity contribution in [3.05, 3.63) is 59.7 Å². The van der Waals surface area contributed by atoms with E-state index >= 15 is 0 Å². The van der Waals surface area contributed by atoms with Crippen LogP contribution in [-0.4, -0.2) is 44.4 Å². The summed E-state index contributed by atoms with van der Waals surface area (Å²) >= 11 is 0. The van der Waals surface area contributed by atoms with Crippen molar-refractivity contribution in [3.63, 3.8) is 0 Å². The Morgan fingerprint density at radius 1 is 1.15 bits per heavy atom. The first-order chi connectivity index (χ1) is 12.7. The van der Waals surface area contributed by atoms with Crippen molar-refractivity contribution in [3.8, 4) is 11.5 Å². The topological polar surface area (TPSA) is 30.9 Å². The number of rotatable bonds is 7. The van der Waals surface area contributed by atoms with E-state index < -0.39 is 0 Å². The van der Waals surface area contributed by atoms with Crippen molar-refractivity contribution in [2.45, 2.75) is 32.5 Å². The first-order valence-corrected chi connectivity index (χ1v) is 9.42. The molecule has 0 aromatic heterocycles. The maximum atomic E-state index is 6.49. The maximum absolute atomic E-state index is 6.49. The Balaban J connectivity index is 1.88. The van der Waals surface area contributed by atoms with E-state index in [0.717, 1.165) is 48.7 Å². The summed E-state index contributed by atoms with van der Waals surface area (Å²) in [6, 6.07) is 16.4. The summed E-state index contributed by atoms with van der Waals surface area (Å²) in [4.78, 5) is 2.29. The molecular formula is C22H29NO3. The van der Waals surface area contributed by atoms with Crippen molar-refractivity contribution >= 4 is 0 Å². The molecule has 2 unspecified atom stereocenters. The molecule has 0 amide bonds. The first kappa shape index (κ1) is 18.7. The third-order valence-electron chi connectivity index (χ3n) is 4.58. The number of likely N-dealkylation sites (N-methyl/N-ethyl adjacent to an activating group) is 1. The molecule has 0 bridgehead atoms. The van der Waals surface area contributed by atoms with Gasteiger partial charge in [-0.3, -0.25) is 0 Å². The SMILES string of the molecule is CCCOc1cc(C)ccc1OC(c1ccccc1)C1CN(C)CCO1. The molecule has 4 heteroatoms. The molecule has 2 atom stereocenters. The van der Waals surface area contributed by atoms with Crippen LogP contribution < -0.4 is 9.47 Å². The van der Waals surface area contributed by atoms with E-state index in [1.165, 1.54) is 0 Å². The number of hydrogen-bond acceptors (Lipinski definition) is 4. The molecule has 2 aromatic rings. The molecule has 1 aliphatic rings. The lowest BCUT2D eigenvalue weighted by atomic mass is 10.0. The van der Waals surface area contributed by atoms with Crippen LogP contribution in [0.1, 0.15) is 30.6 Å². The minimum Gasteiger partial charge on any atom is -0.490 e. The van der Waals surface area contributed by atoms with E-state index in [2.05, 4.69) is 44.0 Å². The van der Waals surface area contributed by atoms with Crippen molar-refractivity contribution in [2.75, 3.05) is 33.4 Å². The van der Waals surface area contributed by atoms with Crippen LogP contribution in [0.2, 0.25) is 0 Å². The molecule has 2 aromatic carbocycles. The zero-order chi connectivity index (χ0) is 18.4. The number of morpholine rings is 1. The summed E-state index contributed by atoms with van der Waals surface area (Å²) in [5, 5.41) is 0. The molecule has 1 heterocycles. The second-order valence-electron chi connectivity index (χ2n) is 6.92. The van der Waals surface area contributed by atoms with Crippen LogP contribution >= 0.6 is 0 Å². The Labute approximate surface area is 156 Å². The summed E-state index contributed by atoms with van der Waals surface area (Å²) in [7, 11) is 2.12. The monoisotopic (exact) mass is 355 g/mol. The summed E-state index contributed by atoms with van der Waals surface area (Å²) in [5.74, 6) is 1.58. The Morgan fingerprint density at radius 2 is 1.96 bits per heavy atom. The predicted molar refractivity (Wildman–Crippen MR) is 104 cm³/mol. The van der Waals surface area contributed by atoms with Crippen molar-refractivity contribution in [1.82, 2.24) is 4.90 Å². The van der Waals surface area contributed by atoms with Crippen LogP contribution in [0.4, 0.5) is 0 Å². The summed E-state index contributed by atoms with van der Waals surface area (Å²) in [6.07, 6.45) is 0.772. The lowest BCUT2D eigenvalue weighted by Crippen LogP contribution is -2.44. The Bertz CT molecular complexity index is 689. The fourth-order valence-electron chi connectivity index (χ4n) is 3.17. The molecule has 1 fully saturated rings. The molecule has 26 heavy (non-hydrogen) atoms. The largest absolute Gasteiger partial charge is 0.490 e. The van der Waals surface area contributed by atoms with Gasteiger partial charge in [-0.15, -0.1) is 0 Å². The van der Waals surface area contributed by atoms with Crippen molar-refractivity contribution in [1.29, 1.82) is 0 Å². The molecule has 0 spiro atoms. The molecule has 0 N–H and O–H groups in total. The van der Waals surface area contributed by atoms with Gasteiger partial charge in [0.2, 0.25) is 0 Å². The second kappa shape index (κ2) is 9.06. The van der Waals surface area contributed by atoms with Crippen LogP contribution in [0.3, 0.4) is 0 Å². The zero-order valence-electron chi connectivity index (χ0n) is 16.0. The minimum atomic E-state index is -0.175. The van der Waals surface area contributed by atoms with E-state index in [1.807, 2.05) is 30.3 Å². The van der Waals surface area contributed by atoms with Crippen LogP contribution in [0, 0.1) is 6.92 Å². The second-order valence-corrected chi connectivity index (χ2v) is 6.92. The van der Waals surface area contributed by atoms with Gasteiger partial charge in [-0.1, -0.05) is 43.3 Å². The average molecular weight is 355 g/mol. The van der Waals surface area contributed by atoms with E-state index in [9.17, 15) is 0 Å². The summed E-state index contributed by atoms with van der Waals surface area (Å²) in [5.41, 5.74) is 2.28. The first-order valence-electron chi connectivity index (χ1n) is 9.42. The Kier molecular flexibility index (Phi) is 6.53. The highest BCUT2D eigenvalue weighted by molar-refractivity contribution is 5.43. The number of ether oxygens (including phenoxy) is 3. The predicted octanol–water partition coefficient (Wildman–Crippen LogP) is 4.23. The molecule has 0 saturated carbocycles. The van der Waals surface area contributed by atoms with Crippen molar-refractivity contribution in [2.24, 2.45) is 0 Å². The molecule has 0 aliphatic carbocycles. The average Bonchev–Trinajstić information content (AvgIpc) is 2.66. The number of benzene rings is 2. The van der Waals surface area contributed by atoms with Gasteiger partial charge in [-0.25, -0.2) is 0 Å². The van der Waals surface area contributed by atoms with Gasteiger partial charge in [0, 0.05) is 13.1 Å². The number of hydrogen-bond donors (Lipinski definition) is 0. The van der Waals surface area contributed by atoms with Crippen LogP contribution in [0.15, 0.2) is 48.5 Å². The number of aryl methyl sites for hydroxylation is 1. The van der Waals surface area contributed by atoms with E-state index in [-0.39, 0.29) is 12.2 Å². The molecule has 0 radical (unpaired) electrons. The van der Waals surface area contributed by atoms with Gasteiger partial charge in [-0.2, -0.15) is 0 Å². The van der Waals surface area contributed by atoms with Crippen LogP contribution in [0.25, 0.3) is 0 Å². The number of nitrogens with zero attached hydrogens (tertiary/aromatic N) is 1. The highest BCUT2D eigenvalue weighted by Crippen LogP contribution is 2.35. The van der Waals surface area contributed by atoms with Gasteiger partial charge in [0.05, 0.1) is 13.2 Å². The third kappa shape index (κ3) is 4.77. The highest BCUT2D eigenvalue weighted by atomic mass is 16.6. The van der Waals surface area contributed by atoms with E-state index in [0.29, 0.717) is 6.61 Å². The zero-order valence-corrected chi connectivity index (χ0v) is 16.0. The Hall–Kier alpha value is -2.04. The Morgan fingerprint density at radius 3 is 2.69 bits per heavy atom. The van der Waals surface area contributed by atoms with Gasteiger partial charge < -0.3 is 19.1 Å². The van der Waals surface area contributed by atoms with E-state index in [1.54, 1.807) is 0 Å². The normalized spacial score (nSPS) is 19.1. The quantitative estimate of drug-likeness (QED) is 0.743. The summed E-state index contributed by atoms with van der Waals surface area (Å²) < 4.78 is 18.5. The van der Waals surface area contributed by atoms with Crippen molar-refractivity contribution < 1.29 is 14.2 Å². The molecule has 4 nitrogen and oxygen atoms in total. The molecule has 1 saturated heterocycles. The highest BCUT2D eigenvalue weighted by Gasteiger charge is 2.30. The van der Waals surface area contributed by atoms with Gasteiger partial charge in [0.1, 0.15) is 6.10 Å². The minimum absolute atomic E-state index is 0.0171. The molecule has 140 valence electrons. The summed E-state index contributed by atoms with van der Waals surface area (Å²) in [6.45, 7) is 7.37. The molecule has 3 rings (SSSR count). The fourth-order valence-corrected chi connectivity index (χ4v) is 3.17. The van der Waals surface area contributed by atoms with Gasteiger partial charge >= 0.3 is 0 Å². The molecule has 1 aliphatic heterocycles. The van der Waals surface area contributed by atoms with Crippen LogP contribution in [-0.2, 0) is 4.74 Å². The fraction of sp³-hybridized carbons (Fsp3) is 0.455. The van der Waals surface area contributed by atoms with Gasteiger partial charge in [-0.05, 0) is 43.7 Å². The smallest absolute Gasteiger partial charge is 0.162 e. The van der Waals surface area contributed by atoms with Crippen LogP contribution in [0.5, 0.6) is 11.5 Å². The lowest BCUT2D eigenvalue weighted by molar-refractivity contribution is -0.0764. The standard InChI is InChI=1S/C22H29NO3/c1-4-13-24-20-15-17(2)10-11-19(20)26-22(18-8-6-5-7-9-18)21-16-23(3)12-14-25-21/h5-11,15,21-22H,4,12-14,16H2,1-3H3. The van der Waals surface area contributed by atoms with Gasteiger partial charge in [0.15, 0.2) is 17.6 Å². The third-order valence-corrected chi connectivity index (χ3v) is 4.58. The maximum Gasteiger partial charge on any atom is 0.162 e. The lowest BCUT2D eigenvalue weighted by Gasteiger charge is -2.35.